The molecule has 1 aromatic rings. The van der Waals surface area contributed by atoms with Crippen molar-refractivity contribution in [2.75, 3.05) is 26.8 Å². The summed E-state index contributed by atoms with van der Waals surface area (Å²) in [4.78, 5) is 23.9. The van der Waals surface area contributed by atoms with Crippen molar-refractivity contribution in [1.82, 2.24) is 4.90 Å². The molecule has 0 aliphatic rings. The minimum Gasteiger partial charge on any atom is -0.480 e. The van der Waals surface area contributed by atoms with Gasteiger partial charge in [-0.1, -0.05) is 12.1 Å². The molecule has 6 nitrogen and oxygen atoms in total. The van der Waals surface area contributed by atoms with Crippen molar-refractivity contribution in [2.45, 2.75) is 0 Å². The highest BCUT2D eigenvalue weighted by molar-refractivity contribution is 5.93. The molecular weight excluding hydrogens is 272 g/mol. The van der Waals surface area contributed by atoms with E-state index in [2.05, 4.69) is 0 Å². The predicted octanol–water partition coefficient (Wildman–Crippen LogP) is 1.13. The van der Waals surface area contributed by atoms with E-state index in [9.17, 15) is 9.59 Å². The van der Waals surface area contributed by atoms with Crippen molar-refractivity contribution >= 4 is 18.0 Å². The van der Waals surface area contributed by atoms with Crippen LogP contribution in [0.4, 0.5) is 0 Å². The molecule has 0 aliphatic carbocycles. The fourth-order valence-electron chi connectivity index (χ4n) is 1.62. The number of aliphatic carboxylic acids is 1. The number of benzene rings is 1. The van der Waals surface area contributed by atoms with Gasteiger partial charge in [0.15, 0.2) is 0 Å². The quantitative estimate of drug-likeness (QED) is 0.759. The van der Waals surface area contributed by atoms with E-state index < -0.39 is 11.9 Å². The molecule has 6 heteroatoms. The second-order valence-electron chi connectivity index (χ2n) is 4.22. The van der Waals surface area contributed by atoms with Crippen LogP contribution in [0.15, 0.2) is 30.3 Å². The van der Waals surface area contributed by atoms with Gasteiger partial charge in [0.25, 0.3) is 0 Å². The molecular formula is C15H16N2O4. The van der Waals surface area contributed by atoms with Crippen LogP contribution in [0.2, 0.25) is 0 Å². The standard InChI is InChI=1S/C15H16N2O4/c1-21-8-7-17(11-15(19)20)14(18)6-5-12-3-2-4-13(9-12)10-16/h2-6,9H,7-8,11H2,1H3,(H,19,20). The highest BCUT2D eigenvalue weighted by atomic mass is 16.5. The topological polar surface area (TPSA) is 90.6 Å². The van der Waals surface area contributed by atoms with Gasteiger partial charge in [0.1, 0.15) is 6.54 Å². The zero-order chi connectivity index (χ0) is 15.7. The number of carboxylic acid groups (broad SMARTS) is 1. The third-order valence-electron chi connectivity index (χ3n) is 2.64. The molecule has 0 radical (unpaired) electrons. The second-order valence-corrected chi connectivity index (χ2v) is 4.22. The first kappa shape index (κ1) is 16.4. The maximum atomic E-state index is 12.0. The van der Waals surface area contributed by atoms with Crippen LogP contribution < -0.4 is 0 Å². The zero-order valence-corrected chi connectivity index (χ0v) is 11.7. The van der Waals surface area contributed by atoms with Gasteiger partial charge in [0.2, 0.25) is 5.91 Å². The summed E-state index contributed by atoms with van der Waals surface area (Å²) in [6.07, 6.45) is 2.83. The van der Waals surface area contributed by atoms with Gasteiger partial charge < -0.3 is 14.7 Å². The molecule has 1 N–H and O–H groups in total. The van der Waals surface area contributed by atoms with Gasteiger partial charge in [-0.3, -0.25) is 9.59 Å². The van der Waals surface area contributed by atoms with Crippen LogP contribution in [0.25, 0.3) is 6.08 Å². The zero-order valence-electron chi connectivity index (χ0n) is 11.7. The summed E-state index contributed by atoms with van der Waals surface area (Å²) in [6.45, 7) is 0.0752. The van der Waals surface area contributed by atoms with E-state index in [0.717, 1.165) is 0 Å². The minimum absolute atomic E-state index is 0.199. The van der Waals surface area contributed by atoms with E-state index in [-0.39, 0.29) is 19.7 Å². The maximum absolute atomic E-state index is 12.0. The minimum atomic E-state index is -1.08. The summed E-state index contributed by atoms with van der Waals surface area (Å²) < 4.78 is 4.85. The number of rotatable bonds is 7. The van der Waals surface area contributed by atoms with Crippen molar-refractivity contribution in [3.8, 4) is 6.07 Å². The lowest BCUT2D eigenvalue weighted by atomic mass is 10.1. The fraction of sp³-hybridized carbons (Fsp3) is 0.267. The van der Waals surface area contributed by atoms with Crippen LogP contribution in [0.5, 0.6) is 0 Å². The SMILES string of the molecule is COCCN(CC(=O)O)C(=O)C=Cc1cccc(C#N)c1. The Morgan fingerprint density at radius 2 is 2.24 bits per heavy atom. The number of ether oxygens (including phenoxy) is 1. The van der Waals surface area contributed by atoms with Crippen molar-refractivity contribution in [1.29, 1.82) is 5.26 Å². The maximum Gasteiger partial charge on any atom is 0.323 e. The molecule has 1 amide bonds. The molecule has 0 bridgehead atoms. The van der Waals surface area contributed by atoms with Gasteiger partial charge >= 0.3 is 5.97 Å². The molecule has 1 rings (SSSR count). The average Bonchev–Trinajstić information content (AvgIpc) is 2.48. The lowest BCUT2D eigenvalue weighted by Crippen LogP contribution is -2.36. The van der Waals surface area contributed by atoms with E-state index in [1.807, 2.05) is 6.07 Å². The number of hydrogen-bond acceptors (Lipinski definition) is 4. The van der Waals surface area contributed by atoms with E-state index in [0.29, 0.717) is 11.1 Å². The van der Waals surface area contributed by atoms with Crippen molar-refractivity contribution in [2.24, 2.45) is 0 Å². The number of nitriles is 1. The Morgan fingerprint density at radius 1 is 1.48 bits per heavy atom. The summed E-state index contributed by atoms with van der Waals surface area (Å²) >= 11 is 0. The van der Waals surface area contributed by atoms with Gasteiger partial charge in [0, 0.05) is 19.7 Å². The second kappa shape index (κ2) is 8.51. The first-order valence-electron chi connectivity index (χ1n) is 6.24. The highest BCUT2D eigenvalue weighted by Crippen LogP contribution is 2.06. The van der Waals surface area contributed by atoms with E-state index in [1.54, 1.807) is 30.3 Å². The Bertz CT molecular complexity index is 575. The van der Waals surface area contributed by atoms with Gasteiger partial charge in [-0.2, -0.15) is 5.26 Å². The Kier molecular flexibility index (Phi) is 6.65. The molecule has 0 heterocycles. The average molecular weight is 288 g/mol. The van der Waals surface area contributed by atoms with Gasteiger partial charge in [-0.05, 0) is 23.8 Å². The van der Waals surface area contributed by atoms with Crippen molar-refractivity contribution in [3.05, 3.63) is 41.5 Å². The van der Waals surface area contributed by atoms with E-state index >= 15 is 0 Å². The molecule has 0 saturated carbocycles. The molecule has 0 spiro atoms. The number of nitrogens with zero attached hydrogens (tertiary/aromatic N) is 2. The molecule has 0 unspecified atom stereocenters. The Labute approximate surface area is 122 Å². The van der Waals surface area contributed by atoms with Gasteiger partial charge in [-0.25, -0.2) is 0 Å². The van der Waals surface area contributed by atoms with Crippen LogP contribution in [-0.2, 0) is 14.3 Å². The molecule has 0 aliphatic heterocycles. The summed E-state index contributed by atoms with van der Waals surface area (Å²) in [5.74, 6) is -1.50. The van der Waals surface area contributed by atoms with E-state index in [4.69, 9.17) is 15.1 Å². The molecule has 0 saturated heterocycles. The smallest absolute Gasteiger partial charge is 0.323 e. The summed E-state index contributed by atoms with van der Waals surface area (Å²) in [7, 11) is 1.48. The molecule has 110 valence electrons. The lowest BCUT2D eigenvalue weighted by Gasteiger charge is -2.18. The number of methoxy groups -OCH3 is 1. The third-order valence-corrected chi connectivity index (χ3v) is 2.64. The summed E-state index contributed by atoms with van der Waals surface area (Å²) in [5, 5.41) is 17.6. The van der Waals surface area contributed by atoms with Crippen molar-refractivity contribution < 1.29 is 19.4 Å². The Morgan fingerprint density at radius 3 is 2.86 bits per heavy atom. The van der Waals surface area contributed by atoms with Gasteiger partial charge in [-0.15, -0.1) is 0 Å². The fourth-order valence-corrected chi connectivity index (χ4v) is 1.62. The first-order chi connectivity index (χ1) is 10.1. The lowest BCUT2D eigenvalue weighted by molar-refractivity contribution is -0.143. The third kappa shape index (κ3) is 5.89. The number of amides is 1. The monoisotopic (exact) mass is 288 g/mol. The van der Waals surface area contributed by atoms with Crippen LogP contribution in [-0.4, -0.2) is 48.7 Å². The normalized spacial score (nSPS) is 10.3. The summed E-state index contributed by atoms with van der Waals surface area (Å²) in [5.41, 5.74) is 1.19. The first-order valence-corrected chi connectivity index (χ1v) is 6.24. The van der Waals surface area contributed by atoms with E-state index in [1.165, 1.54) is 18.1 Å². The van der Waals surface area contributed by atoms with Crippen LogP contribution >= 0.6 is 0 Å². The molecule has 1 aromatic carbocycles. The molecule has 0 atom stereocenters. The Balaban J connectivity index is 2.76. The van der Waals surface area contributed by atoms with Crippen LogP contribution in [0, 0.1) is 11.3 Å². The number of carbonyl (C=O) groups is 2. The number of carbonyl (C=O) groups excluding carboxylic acids is 1. The number of hydrogen-bond donors (Lipinski definition) is 1. The molecule has 21 heavy (non-hydrogen) atoms. The Hall–Kier alpha value is -2.65. The summed E-state index contributed by atoms with van der Waals surface area (Å²) in [6, 6.07) is 8.77. The molecule has 0 fully saturated rings. The van der Waals surface area contributed by atoms with Crippen molar-refractivity contribution in [3.63, 3.8) is 0 Å². The van der Waals surface area contributed by atoms with Crippen LogP contribution in [0.1, 0.15) is 11.1 Å². The largest absolute Gasteiger partial charge is 0.480 e. The number of carboxylic acids is 1. The predicted molar refractivity (Wildman–Crippen MR) is 76.3 cm³/mol. The highest BCUT2D eigenvalue weighted by Gasteiger charge is 2.13. The van der Waals surface area contributed by atoms with Gasteiger partial charge in [0.05, 0.1) is 18.2 Å². The molecule has 0 aromatic heterocycles. The van der Waals surface area contributed by atoms with Crippen LogP contribution in [0.3, 0.4) is 0 Å².